The molecule has 0 aliphatic carbocycles. The lowest BCUT2D eigenvalue weighted by Crippen LogP contribution is -1.99. The second-order valence-electron chi connectivity index (χ2n) is 2.86. The van der Waals surface area contributed by atoms with E-state index in [-0.39, 0.29) is 12.6 Å². The fourth-order valence-electron chi connectivity index (χ4n) is 1.02. The Morgan fingerprint density at radius 1 is 1.40 bits per heavy atom. The molecule has 0 aliphatic heterocycles. The standard InChI is InChI=1S/C10H10Cl2O2S/c1-6(13)14-5-7-3-9(12)10(15-2)4-8(7)11/h3-4H,5H2,1-2H3. The largest absolute Gasteiger partial charge is 0.461 e. The number of benzene rings is 1. The highest BCUT2D eigenvalue weighted by atomic mass is 35.5. The summed E-state index contributed by atoms with van der Waals surface area (Å²) in [6, 6.07) is 3.49. The topological polar surface area (TPSA) is 26.3 Å². The molecule has 15 heavy (non-hydrogen) atoms. The molecule has 0 amide bonds. The molecule has 0 saturated carbocycles. The van der Waals surface area contributed by atoms with Gasteiger partial charge in [-0.2, -0.15) is 0 Å². The molecule has 2 nitrogen and oxygen atoms in total. The normalized spacial score (nSPS) is 10.1. The van der Waals surface area contributed by atoms with E-state index in [4.69, 9.17) is 27.9 Å². The summed E-state index contributed by atoms with van der Waals surface area (Å²) in [5.74, 6) is -0.337. The Morgan fingerprint density at radius 2 is 2.07 bits per heavy atom. The number of rotatable bonds is 3. The van der Waals surface area contributed by atoms with E-state index in [1.54, 1.807) is 12.1 Å². The number of hydrogen-bond donors (Lipinski definition) is 0. The molecular formula is C10H10Cl2O2S. The molecule has 0 aliphatic rings. The molecule has 0 bridgehead atoms. The summed E-state index contributed by atoms with van der Waals surface area (Å²) in [7, 11) is 0. The maximum Gasteiger partial charge on any atom is 0.302 e. The third kappa shape index (κ3) is 3.59. The van der Waals surface area contributed by atoms with Crippen LogP contribution < -0.4 is 0 Å². The number of esters is 1. The average molecular weight is 265 g/mol. The molecule has 0 fully saturated rings. The molecule has 82 valence electrons. The van der Waals surface area contributed by atoms with Crippen LogP contribution in [0.2, 0.25) is 10.0 Å². The first kappa shape index (κ1) is 12.7. The van der Waals surface area contributed by atoms with Crippen LogP contribution in [0.1, 0.15) is 12.5 Å². The summed E-state index contributed by atoms with van der Waals surface area (Å²) in [5.41, 5.74) is 0.717. The predicted molar refractivity (Wildman–Crippen MR) is 63.7 cm³/mol. The highest BCUT2D eigenvalue weighted by Crippen LogP contribution is 2.31. The second-order valence-corrected chi connectivity index (χ2v) is 4.52. The number of carbonyl (C=O) groups excluding carboxylic acids is 1. The van der Waals surface area contributed by atoms with Gasteiger partial charge in [0.1, 0.15) is 6.61 Å². The van der Waals surface area contributed by atoms with E-state index in [2.05, 4.69) is 0 Å². The van der Waals surface area contributed by atoms with Crippen molar-refractivity contribution >= 4 is 40.9 Å². The van der Waals surface area contributed by atoms with Crippen molar-refractivity contribution in [2.24, 2.45) is 0 Å². The van der Waals surface area contributed by atoms with Gasteiger partial charge in [-0.05, 0) is 18.4 Å². The lowest BCUT2D eigenvalue weighted by Gasteiger charge is -2.08. The summed E-state index contributed by atoms with van der Waals surface area (Å²) >= 11 is 13.5. The first-order valence-corrected chi connectivity index (χ1v) is 6.18. The van der Waals surface area contributed by atoms with E-state index >= 15 is 0 Å². The molecule has 0 saturated heterocycles. The van der Waals surface area contributed by atoms with Gasteiger partial charge in [-0.3, -0.25) is 4.79 Å². The Labute approximate surface area is 103 Å². The van der Waals surface area contributed by atoms with Gasteiger partial charge in [0.05, 0.1) is 5.02 Å². The van der Waals surface area contributed by atoms with Gasteiger partial charge in [-0.15, -0.1) is 11.8 Å². The van der Waals surface area contributed by atoms with Crippen molar-refractivity contribution in [2.45, 2.75) is 18.4 Å². The molecular weight excluding hydrogens is 255 g/mol. The van der Waals surface area contributed by atoms with Crippen molar-refractivity contribution in [2.75, 3.05) is 6.26 Å². The van der Waals surface area contributed by atoms with Gasteiger partial charge in [0.25, 0.3) is 0 Å². The Kier molecular flexibility index (Phi) is 4.77. The first-order valence-electron chi connectivity index (χ1n) is 4.20. The van der Waals surface area contributed by atoms with Crippen LogP contribution in [0.25, 0.3) is 0 Å². The van der Waals surface area contributed by atoms with Crippen LogP contribution >= 0.6 is 35.0 Å². The molecule has 0 N–H and O–H groups in total. The van der Waals surface area contributed by atoms with Gasteiger partial charge in [-0.25, -0.2) is 0 Å². The molecule has 5 heteroatoms. The van der Waals surface area contributed by atoms with Crippen LogP contribution in [0.4, 0.5) is 0 Å². The number of thioether (sulfide) groups is 1. The van der Waals surface area contributed by atoms with Crippen LogP contribution in [0.15, 0.2) is 17.0 Å². The minimum Gasteiger partial charge on any atom is -0.461 e. The van der Waals surface area contributed by atoms with Crippen molar-refractivity contribution in [1.82, 2.24) is 0 Å². The molecule has 0 spiro atoms. The van der Waals surface area contributed by atoms with Crippen LogP contribution in [0.3, 0.4) is 0 Å². The Bertz CT molecular complexity index is 380. The third-order valence-electron chi connectivity index (χ3n) is 1.75. The van der Waals surface area contributed by atoms with E-state index < -0.39 is 0 Å². The zero-order valence-corrected chi connectivity index (χ0v) is 10.7. The molecule has 1 rings (SSSR count). The molecule has 1 aromatic carbocycles. The monoisotopic (exact) mass is 264 g/mol. The predicted octanol–water partition coefficient (Wildman–Crippen LogP) is 3.78. The zero-order chi connectivity index (χ0) is 11.4. The van der Waals surface area contributed by atoms with Crippen LogP contribution in [-0.2, 0) is 16.1 Å². The number of halogens is 2. The van der Waals surface area contributed by atoms with Crippen LogP contribution in [0, 0.1) is 0 Å². The van der Waals surface area contributed by atoms with Gasteiger partial charge >= 0.3 is 5.97 Å². The summed E-state index contributed by atoms with van der Waals surface area (Å²) in [6.07, 6.45) is 1.92. The van der Waals surface area contributed by atoms with Gasteiger partial charge in [-0.1, -0.05) is 23.2 Å². The molecule has 0 heterocycles. The number of carbonyl (C=O) groups is 1. The van der Waals surface area contributed by atoms with Gasteiger partial charge < -0.3 is 4.74 Å². The molecule has 1 aromatic rings. The third-order valence-corrected chi connectivity index (χ3v) is 3.31. The van der Waals surface area contributed by atoms with Crippen molar-refractivity contribution in [3.05, 3.63) is 27.7 Å². The summed E-state index contributed by atoms with van der Waals surface area (Å²) in [6.45, 7) is 1.51. The average Bonchev–Trinajstić information content (AvgIpc) is 2.18. The van der Waals surface area contributed by atoms with E-state index in [1.807, 2.05) is 6.26 Å². The van der Waals surface area contributed by atoms with Crippen LogP contribution in [-0.4, -0.2) is 12.2 Å². The van der Waals surface area contributed by atoms with Crippen molar-refractivity contribution in [3.63, 3.8) is 0 Å². The molecule has 0 unspecified atom stereocenters. The lowest BCUT2D eigenvalue weighted by molar-refractivity contribution is -0.142. The molecule has 0 atom stereocenters. The SMILES string of the molecule is CSc1cc(Cl)c(COC(C)=O)cc1Cl. The second kappa shape index (κ2) is 5.64. The highest BCUT2D eigenvalue weighted by Gasteiger charge is 2.07. The fraction of sp³-hybridized carbons (Fsp3) is 0.300. The maximum absolute atomic E-state index is 10.6. The minimum absolute atomic E-state index is 0.155. The zero-order valence-electron chi connectivity index (χ0n) is 8.34. The summed E-state index contributed by atoms with van der Waals surface area (Å²) in [4.78, 5) is 11.5. The van der Waals surface area contributed by atoms with Crippen LogP contribution in [0.5, 0.6) is 0 Å². The smallest absolute Gasteiger partial charge is 0.302 e. The molecule has 0 aromatic heterocycles. The maximum atomic E-state index is 10.6. The van der Waals surface area contributed by atoms with E-state index in [9.17, 15) is 4.79 Å². The van der Waals surface area contributed by atoms with Crippen molar-refractivity contribution in [1.29, 1.82) is 0 Å². The van der Waals surface area contributed by atoms with E-state index in [0.29, 0.717) is 10.0 Å². The lowest BCUT2D eigenvalue weighted by atomic mass is 10.2. The van der Waals surface area contributed by atoms with Crippen molar-refractivity contribution in [3.8, 4) is 0 Å². The van der Waals surface area contributed by atoms with E-state index in [1.165, 1.54) is 18.7 Å². The van der Waals surface area contributed by atoms with Gasteiger partial charge in [0, 0.05) is 22.4 Å². The summed E-state index contributed by atoms with van der Waals surface area (Å²) < 4.78 is 4.85. The van der Waals surface area contributed by atoms with E-state index in [0.717, 1.165) is 10.5 Å². The van der Waals surface area contributed by atoms with Crippen molar-refractivity contribution < 1.29 is 9.53 Å². The van der Waals surface area contributed by atoms with Gasteiger partial charge in [0.15, 0.2) is 0 Å². The Morgan fingerprint density at radius 3 is 2.60 bits per heavy atom. The minimum atomic E-state index is -0.337. The first-order chi connectivity index (χ1) is 7.04. The highest BCUT2D eigenvalue weighted by molar-refractivity contribution is 7.98. The molecule has 0 radical (unpaired) electrons. The Hall–Kier alpha value is -0.380. The quantitative estimate of drug-likeness (QED) is 0.614. The Balaban J connectivity index is 2.90. The van der Waals surface area contributed by atoms with Gasteiger partial charge in [0.2, 0.25) is 0 Å². The number of hydrogen-bond acceptors (Lipinski definition) is 3. The fourth-order valence-corrected chi connectivity index (χ4v) is 2.21. The summed E-state index contributed by atoms with van der Waals surface area (Å²) in [5, 5.41) is 1.18. The number of ether oxygens (including phenoxy) is 1.